The number of carbonyl (C=O) groups is 2. The summed E-state index contributed by atoms with van der Waals surface area (Å²) in [6.07, 6.45) is 0.468. The van der Waals surface area contributed by atoms with Crippen LogP contribution in [0.15, 0.2) is 24.3 Å². The van der Waals surface area contributed by atoms with Crippen LogP contribution >= 0.6 is 0 Å². The number of ether oxygens (including phenoxy) is 1. The van der Waals surface area contributed by atoms with Crippen LogP contribution in [0, 0.1) is 5.92 Å². The van der Waals surface area contributed by atoms with Crippen LogP contribution in [0.5, 0.6) is 0 Å². The zero-order valence-electron chi connectivity index (χ0n) is 13.1. The van der Waals surface area contributed by atoms with Crippen molar-refractivity contribution in [3.63, 3.8) is 0 Å². The minimum Gasteiger partial charge on any atom is -0.459 e. The number of rotatable bonds is 6. The lowest BCUT2D eigenvalue weighted by Crippen LogP contribution is -2.36. The van der Waals surface area contributed by atoms with Crippen LogP contribution in [0.2, 0.25) is 0 Å². The molecule has 0 aromatic heterocycles. The molecule has 21 heavy (non-hydrogen) atoms. The SMILES string of the molecule is CC(C)C[C@@H](N)C(=O)Nc1ccc(C(=O)OC(C)C)cc1. The highest BCUT2D eigenvalue weighted by Gasteiger charge is 2.15. The number of benzene rings is 1. The molecule has 1 rings (SSSR count). The standard InChI is InChI=1S/C16H24N2O3/c1-10(2)9-14(17)15(19)18-13-7-5-12(6-8-13)16(20)21-11(3)4/h5-8,10-11,14H,9,17H2,1-4H3,(H,18,19)/t14-/m1/s1. The molecule has 0 fully saturated rings. The Morgan fingerprint density at radius 1 is 1.14 bits per heavy atom. The van der Waals surface area contributed by atoms with Gasteiger partial charge in [-0.25, -0.2) is 4.79 Å². The summed E-state index contributed by atoms with van der Waals surface area (Å²) >= 11 is 0. The maximum atomic E-state index is 11.9. The van der Waals surface area contributed by atoms with Gasteiger partial charge in [0.05, 0.1) is 17.7 Å². The van der Waals surface area contributed by atoms with Gasteiger partial charge >= 0.3 is 5.97 Å². The first-order valence-electron chi connectivity index (χ1n) is 7.17. The second-order valence-electron chi connectivity index (χ2n) is 5.76. The summed E-state index contributed by atoms with van der Waals surface area (Å²) in [4.78, 5) is 23.6. The predicted molar refractivity (Wildman–Crippen MR) is 83.1 cm³/mol. The van der Waals surface area contributed by atoms with Gasteiger partial charge in [-0.2, -0.15) is 0 Å². The molecule has 0 spiro atoms. The molecule has 3 N–H and O–H groups in total. The number of hydrogen-bond donors (Lipinski definition) is 2. The van der Waals surface area contributed by atoms with E-state index in [1.54, 1.807) is 38.1 Å². The summed E-state index contributed by atoms with van der Waals surface area (Å²) in [6, 6.07) is 6.03. The molecule has 1 amide bonds. The molecule has 0 aliphatic heterocycles. The van der Waals surface area contributed by atoms with Gasteiger partial charge in [-0.05, 0) is 50.5 Å². The number of amides is 1. The Morgan fingerprint density at radius 3 is 2.19 bits per heavy atom. The molecular formula is C16H24N2O3. The smallest absolute Gasteiger partial charge is 0.338 e. The fourth-order valence-electron chi connectivity index (χ4n) is 1.82. The van der Waals surface area contributed by atoms with Crippen LogP contribution in [-0.2, 0) is 9.53 Å². The third kappa shape index (κ3) is 5.95. The molecule has 0 aliphatic rings. The Hall–Kier alpha value is -1.88. The van der Waals surface area contributed by atoms with E-state index in [1.165, 1.54) is 0 Å². The molecule has 0 heterocycles. The highest BCUT2D eigenvalue weighted by Crippen LogP contribution is 2.12. The molecule has 5 nitrogen and oxygen atoms in total. The van der Waals surface area contributed by atoms with Gasteiger partial charge in [0, 0.05) is 5.69 Å². The van der Waals surface area contributed by atoms with Crippen LogP contribution in [0.1, 0.15) is 44.5 Å². The van der Waals surface area contributed by atoms with Gasteiger partial charge in [-0.1, -0.05) is 13.8 Å². The molecule has 0 saturated heterocycles. The van der Waals surface area contributed by atoms with Crippen molar-refractivity contribution in [1.82, 2.24) is 0 Å². The Balaban J connectivity index is 2.62. The van der Waals surface area contributed by atoms with E-state index in [0.29, 0.717) is 23.6 Å². The normalized spacial score (nSPS) is 12.3. The van der Waals surface area contributed by atoms with Crippen molar-refractivity contribution in [2.75, 3.05) is 5.32 Å². The summed E-state index contributed by atoms with van der Waals surface area (Å²) in [5.74, 6) is -0.237. The van der Waals surface area contributed by atoms with Gasteiger partial charge in [0.25, 0.3) is 0 Å². The zero-order valence-corrected chi connectivity index (χ0v) is 13.1. The van der Waals surface area contributed by atoms with Crippen LogP contribution in [-0.4, -0.2) is 24.0 Å². The molecule has 0 aliphatic carbocycles. The van der Waals surface area contributed by atoms with E-state index in [9.17, 15) is 9.59 Å². The van der Waals surface area contributed by atoms with Crippen molar-refractivity contribution < 1.29 is 14.3 Å². The van der Waals surface area contributed by atoms with Crippen molar-refractivity contribution in [2.45, 2.75) is 46.3 Å². The van der Waals surface area contributed by atoms with Gasteiger partial charge in [-0.3, -0.25) is 4.79 Å². The summed E-state index contributed by atoms with van der Waals surface area (Å²) in [5.41, 5.74) is 6.88. The third-order valence-electron chi connectivity index (χ3n) is 2.79. The number of nitrogens with two attached hydrogens (primary N) is 1. The molecule has 0 radical (unpaired) electrons. The molecule has 0 bridgehead atoms. The molecule has 0 unspecified atom stereocenters. The Kier molecular flexibility index (Phi) is 6.37. The van der Waals surface area contributed by atoms with E-state index in [2.05, 4.69) is 5.32 Å². The van der Waals surface area contributed by atoms with Crippen LogP contribution in [0.3, 0.4) is 0 Å². The maximum absolute atomic E-state index is 11.9. The number of hydrogen-bond acceptors (Lipinski definition) is 4. The predicted octanol–water partition coefficient (Wildman–Crippen LogP) is 2.56. The summed E-state index contributed by atoms with van der Waals surface area (Å²) in [5, 5.41) is 2.74. The molecule has 116 valence electrons. The largest absolute Gasteiger partial charge is 0.459 e. The fraction of sp³-hybridized carbons (Fsp3) is 0.500. The van der Waals surface area contributed by atoms with E-state index in [4.69, 9.17) is 10.5 Å². The second-order valence-corrected chi connectivity index (χ2v) is 5.76. The molecule has 1 aromatic rings. The summed E-state index contributed by atoms with van der Waals surface area (Å²) < 4.78 is 5.09. The van der Waals surface area contributed by atoms with E-state index < -0.39 is 6.04 Å². The highest BCUT2D eigenvalue weighted by molar-refractivity contribution is 5.95. The molecule has 1 atom stereocenters. The third-order valence-corrected chi connectivity index (χ3v) is 2.79. The first-order chi connectivity index (χ1) is 9.79. The van der Waals surface area contributed by atoms with Crippen LogP contribution in [0.4, 0.5) is 5.69 Å². The summed E-state index contributed by atoms with van der Waals surface area (Å²) in [7, 11) is 0. The van der Waals surface area contributed by atoms with E-state index in [-0.39, 0.29) is 18.0 Å². The average molecular weight is 292 g/mol. The highest BCUT2D eigenvalue weighted by atomic mass is 16.5. The monoisotopic (exact) mass is 292 g/mol. The van der Waals surface area contributed by atoms with Gasteiger partial charge < -0.3 is 15.8 Å². The second kappa shape index (κ2) is 7.78. The quantitative estimate of drug-likeness (QED) is 0.790. The number of esters is 1. The average Bonchev–Trinajstić information content (AvgIpc) is 2.37. The lowest BCUT2D eigenvalue weighted by atomic mass is 10.0. The van der Waals surface area contributed by atoms with Gasteiger partial charge in [0.15, 0.2) is 0 Å². The molecule has 0 saturated carbocycles. The van der Waals surface area contributed by atoms with Gasteiger partial charge in [0.2, 0.25) is 5.91 Å². The van der Waals surface area contributed by atoms with Crippen molar-refractivity contribution in [3.05, 3.63) is 29.8 Å². The van der Waals surface area contributed by atoms with Crippen molar-refractivity contribution in [1.29, 1.82) is 0 Å². The Bertz CT molecular complexity index is 481. The maximum Gasteiger partial charge on any atom is 0.338 e. The lowest BCUT2D eigenvalue weighted by molar-refractivity contribution is -0.117. The minimum atomic E-state index is -0.532. The molecule has 1 aromatic carbocycles. The molecular weight excluding hydrogens is 268 g/mol. The van der Waals surface area contributed by atoms with Crippen molar-refractivity contribution in [3.8, 4) is 0 Å². The first kappa shape index (κ1) is 17.2. The van der Waals surface area contributed by atoms with Crippen molar-refractivity contribution in [2.24, 2.45) is 11.7 Å². The van der Waals surface area contributed by atoms with Gasteiger partial charge in [-0.15, -0.1) is 0 Å². The van der Waals surface area contributed by atoms with E-state index >= 15 is 0 Å². The van der Waals surface area contributed by atoms with E-state index in [1.807, 2.05) is 13.8 Å². The lowest BCUT2D eigenvalue weighted by Gasteiger charge is -2.14. The summed E-state index contributed by atoms with van der Waals surface area (Å²) in [6.45, 7) is 7.62. The van der Waals surface area contributed by atoms with E-state index in [0.717, 1.165) is 0 Å². The number of nitrogens with one attached hydrogen (secondary N) is 1. The zero-order chi connectivity index (χ0) is 16.0. The minimum absolute atomic E-state index is 0.161. The first-order valence-corrected chi connectivity index (χ1v) is 7.17. The molecule has 5 heteroatoms. The number of carbonyl (C=O) groups excluding carboxylic acids is 2. The van der Waals surface area contributed by atoms with Crippen molar-refractivity contribution >= 4 is 17.6 Å². The Labute approximate surface area is 125 Å². The Morgan fingerprint density at radius 2 is 1.71 bits per heavy atom. The fourth-order valence-corrected chi connectivity index (χ4v) is 1.82. The number of anilines is 1. The van der Waals surface area contributed by atoms with Gasteiger partial charge in [0.1, 0.15) is 0 Å². The van der Waals surface area contributed by atoms with Crippen LogP contribution in [0.25, 0.3) is 0 Å². The topological polar surface area (TPSA) is 81.4 Å². The van der Waals surface area contributed by atoms with Crippen LogP contribution < -0.4 is 11.1 Å².